The summed E-state index contributed by atoms with van der Waals surface area (Å²) in [4.78, 5) is 20.5. The molecule has 10 nitrogen and oxygen atoms in total. The normalized spacial score (nSPS) is 10.6. The number of rotatable bonds is 8. The van der Waals surface area contributed by atoms with Crippen molar-refractivity contribution in [3.05, 3.63) is 59.7 Å². The van der Waals surface area contributed by atoms with E-state index in [4.69, 9.17) is 31.9 Å². The third-order valence-electron chi connectivity index (χ3n) is 4.20. The smallest absolute Gasteiger partial charge is 0.339 e. The molecular weight excluding hydrogens is 552 g/mol. The molecule has 227 valence electrons. The second-order valence-corrected chi connectivity index (χ2v) is 10.7. The van der Waals surface area contributed by atoms with Crippen molar-refractivity contribution >= 4 is 11.9 Å². The van der Waals surface area contributed by atoms with Crippen LogP contribution in [0.5, 0.6) is 11.5 Å². The third kappa shape index (κ3) is 25.4. The first-order valence-corrected chi connectivity index (χ1v) is 12.3. The molecule has 0 saturated heterocycles. The van der Waals surface area contributed by atoms with Crippen molar-refractivity contribution in [3.8, 4) is 11.5 Å². The zero-order chi connectivity index (χ0) is 30.1. The van der Waals surface area contributed by atoms with Gasteiger partial charge in [0.05, 0.1) is 0 Å². The van der Waals surface area contributed by atoms with Gasteiger partial charge in [0.15, 0.2) is 0 Å². The molecular formula is C28H48CuN4O6. The molecule has 0 bridgehead atoms. The average Bonchev–Trinajstić information content (AvgIpc) is 2.77. The Labute approximate surface area is 243 Å². The van der Waals surface area contributed by atoms with Crippen LogP contribution in [0.15, 0.2) is 48.5 Å². The number of aromatic hydroxyl groups is 2. The van der Waals surface area contributed by atoms with Crippen molar-refractivity contribution in [1.82, 2.24) is 10.6 Å². The number of hydrogen-bond donors (Lipinski definition) is 8. The molecule has 0 heterocycles. The topological polar surface area (TPSA) is 191 Å². The van der Waals surface area contributed by atoms with Gasteiger partial charge in [0.25, 0.3) is 0 Å². The van der Waals surface area contributed by atoms with Crippen molar-refractivity contribution in [2.45, 2.75) is 78.6 Å². The van der Waals surface area contributed by atoms with Gasteiger partial charge in [0.1, 0.15) is 22.6 Å². The van der Waals surface area contributed by atoms with Crippen molar-refractivity contribution < 1.29 is 47.1 Å². The molecule has 0 atom stereocenters. The van der Waals surface area contributed by atoms with Crippen LogP contribution in [0.4, 0.5) is 0 Å². The number of aromatic carboxylic acids is 2. The van der Waals surface area contributed by atoms with E-state index in [1.54, 1.807) is 24.3 Å². The van der Waals surface area contributed by atoms with E-state index in [9.17, 15) is 9.59 Å². The summed E-state index contributed by atoms with van der Waals surface area (Å²) < 4.78 is 0. The zero-order valence-corrected chi connectivity index (χ0v) is 25.2. The number of nitrogens with one attached hydrogen (secondary N) is 2. The predicted molar refractivity (Wildman–Crippen MR) is 153 cm³/mol. The molecule has 0 unspecified atom stereocenters. The Bertz CT molecular complexity index is 880. The largest absolute Gasteiger partial charge is 0.507 e. The van der Waals surface area contributed by atoms with E-state index in [0.717, 1.165) is 13.1 Å². The molecule has 0 aromatic heterocycles. The van der Waals surface area contributed by atoms with E-state index in [-0.39, 0.29) is 50.8 Å². The first-order valence-electron chi connectivity index (χ1n) is 12.3. The number of carboxylic acids is 2. The molecule has 39 heavy (non-hydrogen) atoms. The van der Waals surface area contributed by atoms with Crippen LogP contribution in [-0.4, -0.2) is 68.6 Å². The van der Waals surface area contributed by atoms with Crippen molar-refractivity contribution in [2.24, 2.45) is 11.5 Å². The Morgan fingerprint density at radius 1 is 0.692 bits per heavy atom. The van der Waals surface area contributed by atoms with Gasteiger partial charge in [-0.2, -0.15) is 0 Å². The van der Waals surface area contributed by atoms with E-state index in [1.165, 1.54) is 24.3 Å². The number of carboxylic acid groups (broad SMARTS) is 2. The third-order valence-corrected chi connectivity index (χ3v) is 4.20. The molecule has 0 spiro atoms. The fourth-order valence-corrected chi connectivity index (χ4v) is 2.24. The van der Waals surface area contributed by atoms with Gasteiger partial charge < -0.3 is 42.5 Å². The molecule has 0 aliphatic rings. The van der Waals surface area contributed by atoms with Crippen LogP contribution in [0.3, 0.4) is 0 Å². The summed E-state index contributed by atoms with van der Waals surface area (Å²) in [6.45, 7) is 18.3. The van der Waals surface area contributed by atoms with Crippen LogP contribution < -0.4 is 22.1 Å². The monoisotopic (exact) mass is 599 g/mol. The number of phenols is 2. The minimum Gasteiger partial charge on any atom is -0.507 e. The fraction of sp³-hybridized carbons (Fsp3) is 0.500. The molecule has 0 aliphatic carbocycles. The van der Waals surface area contributed by atoms with Gasteiger partial charge in [-0.15, -0.1) is 0 Å². The summed E-state index contributed by atoms with van der Waals surface area (Å²) in [6.07, 6.45) is 0. The van der Waals surface area contributed by atoms with Crippen molar-refractivity contribution in [3.63, 3.8) is 0 Å². The standard InChI is InChI=1S/2C7H18N2.2C7H6O3.Cu/c2*1-6(2)9-5-7(3,4)8;2*8-6-4-2-1-3-5(6)7(9)10;/h2*6,9H,5,8H2,1-4H3;2*1-4,8H,(H,9,10);. The molecule has 0 aliphatic heterocycles. The molecule has 0 fully saturated rings. The molecule has 2 aromatic rings. The van der Waals surface area contributed by atoms with E-state index >= 15 is 0 Å². The minimum atomic E-state index is -1.11. The molecule has 11 heteroatoms. The minimum absolute atomic E-state index is 0. The van der Waals surface area contributed by atoms with Gasteiger partial charge in [-0.25, -0.2) is 9.59 Å². The molecule has 10 N–H and O–H groups in total. The predicted octanol–water partition coefficient (Wildman–Crippen LogP) is 3.62. The van der Waals surface area contributed by atoms with Crippen molar-refractivity contribution in [1.29, 1.82) is 0 Å². The SMILES string of the molecule is CC(C)NCC(C)(C)N.CC(C)NCC(C)(C)N.O=C(O)c1ccccc1O.O=C(O)c1ccccc1O.[Cu]. The first kappa shape index (κ1) is 40.8. The van der Waals surface area contributed by atoms with Gasteiger partial charge in [-0.05, 0) is 52.0 Å². The van der Waals surface area contributed by atoms with E-state index in [0.29, 0.717) is 12.1 Å². The number of nitrogens with two attached hydrogens (primary N) is 2. The van der Waals surface area contributed by atoms with Gasteiger partial charge in [-0.3, -0.25) is 0 Å². The van der Waals surface area contributed by atoms with E-state index in [2.05, 4.69) is 38.3 Å². The fourth-order valence-electron chi connectivity index (χ4n) is 2.24. The zero-order valence-electron chi connectivity index (χ0n) is 24.2. The second-order valence-electron chi connectivity index (χ2n) is 10.7. The van der Waals surface area contributed by atoms with Crippen LogP contribution in [0.25, 0.3) is 0 Å². The Balaban J connectivity index is -0.000000440. The average molecular weight is 600 g/mol. The first-order chi connectivity index (χ1) is 17.3. The Morgan fingerprint density at radius 3 is 1.08 bits per heavy atom. The molecule has 2 aromatic carbocycles. The second kappa shape index (κ2) is 20.3. The van der Waals surface area contributed by atoms with E-state index in [1.807, 2.05) is 27.7 Å². The number of hydrogen-bond acceptors (Lipinski definition) is 8. The van der Waals surface area contributed by atoms with Crippen LogP contribution in [0, 0.1) is 0 Å². The summed E-state index contributed by atoms with van der Waals surface area (Å²) in [5.74, 6) is -2.62. The van der Waals surface area contributed by atoms with Crippen LogP contribution in [0.1, 0.15) is 76.1 Å². The Morgan fingerprint density at radius 2 is 0.949 bits per heavy atom. The summed E-state index contributed by atoms with van der Waals surface area (Å²) in [7, 11) is 0. The Kier molecular flexibility index (Phi) is 21.2. The summed E-state index contributed by atoms with van der Waals surface area (Å²) >= 11 is 0. The van der Waals surface area contributed by atoms with Gasteiger partial charge in [0, 0.05) is 53.3 Å². The van der Waals surface area contributed by atoms with E-state index < -0.39 is 11.9 Å². The van der Waals surface area contributed by atoms with Crippen molar-refractivity contribution in [2.75, 3.05) is 13.1 Å². The maximum atomic E-state index is 10.3. The number of para-hydroxylation sites is 2. The summed E-state index contributed by atoms with van der Waals surface area (Å²) in [5.41, 5.74) is 11.2. The van der Waals surface area contributed by atoms with Gasteiger partial charge in [0.2, 0.25) is 0 Å². The molecule has 0 saturated carbocycles. The Hall–Kier alpha value is -2.66. The summed E-state index contributed by atoms with van der Waals surface area (Å²) in [6, 6.07) is 12.7. The molecule has 2 rings (SSSR count). The molecule has 1 radical (unpaired) electrons. The van der Waals surface area contributed by atoms with Crippen LogP contribution in [0.2, 0.25) is 0 Å². The quantitative estimate of drug-likeness (QED) is 0.208. The van der Waals surface area contributed by atoms with Gasteiger partial charge in [-0.1, -0.05) is 52.0 Å². The number of carbonyl (C=O) groups is 2. The number of benzene rings is 2. The van der Waals surface area contributed by atoms with Crippen LogP contribution >= 0.6 is 0 Å². The van der Waals surface area contributed by atoms with Crippen LogP contribution in [-0.2, 0) is 17.1 Å². The summed E-state index contributed by atoms with van der Waals surface area (Å²) in [5, 5.41) is 41.1. The maximum absolute atomic E-state index is 10.3. The maximum Gasteiger partial charge on any atom is 0.339 e. The molecule has 0 amide bonds. The van der Waals surface area contributed by atoms with Gasteiger partial charge >= 0.3 is 11.9 Å².